The lowest BCUT2D eigenvalue weighted by atomic mass is 10.1. The maximum atomic E-state index is 15.3. The van der Waals surface area contributed by atoms with Gasteiger partial charge in [-0.1, -0.05) is 0 Å². The number of aromatic nitrogens is 1. The monoisotopic (exact) mass is 491 g/mol. The fraction of sp³-hybridized carbons (Fsp3) is 0.483. The third-order valence-electron chi connectivity index (χ3n) is 8.12. The molecule has 1 aromatic heterocycles. The molecule has 0 amide bonds. The molecule has 0 aliphatic carbocycles. The summed E-state index contributed by atoms with van der Waals surface area (Å²) in [5.74, 6) is 0.435. The average molecular weight is 492 g/mol. The van der Waals surface area contributed by atoms with Crippen LogP contribution in [0.25, 0.3) is 16.5 Å². The van der Waals surface area contributed by atoms with E-state index in [4.69, 9.17) is 9.47 Å². The number of hydrogen-bond acceptors (Lipinski definition) is 5. The Kier molecular flexibility index (Phi) is 6.44. The Labute approximate surface area is 211 Å². The molecule has 3 unspecified atom stereocenters. The minimum atomic E-state index is -0.285. The molecule has 0 N–H and O–H groups in total. The number of anilines is 1. The van der Waals surface area contributed by atoms with E-state index in [0.29, 0.717) is 35.5 Å². The average Bonchev–Trinajstić information content (AvgIpc) is 3.65. The van der Waals surface area contributed by atoms with Gasteiger partial charge in [0, 0.05) is 49.4 Å². The molecule has 6 nitrogen and oxygen atoms in total. The lowest BCUT2D eigenvalue weighted by Crippen LogP contribution is -2.39. The van der Waals surface area contributed by atoms with E-state index >= 15 is 4.39 Å². The molecule has 3 fully saturated rings. The second-order valence-corrected chi connectivity index (χ2v) is 10.4. The highest BCUT2D eigenvalue weighted by Gasteiger charge is 2.33. The van der Waals surface area contributed by atoms with Crippen molar-refractivity contribution in [2.24, 2.45) is 0 Å². The zero-order chi connectivity index (χ0) is 24.6. The topological polar surface area (TPSA) is 46.9 Å². The Hall–Kier alpha value is -2.90. The van der Waals surface area contributed by atoms with E-state index < -0.39 is 0 Å². The van der Waals surface area contributed by atoms with E-state index in [0.717, 1.165) is 56.6 Å². The van der Waals surface area contributed by atoms with Crippen LogP contribution >= 0.6 is 0 Å². The zero-order valence-corrected chi connectivity index (χ0v) is 20.9. The number of hydrogen-bond donors (Lipinski definition) is 0. The third-order valence-corrected chi connectivity index (χ3v) is 8.12. The SMILES string of the molecule is CC1CCCN1C1CCN(c2ccc(-n3ccc4cc(OCC5CCCO5)ccc4c3=O)cc2F)C1. The van der Waals surface area contributed by atoms with Crippen LogP contribution in [0.15, 0.2) is 53.5 Å². The van der Waals surface area contributed by atoms with Crippen molar-refractivity contribution in [1.82, 2.24) is 9.47 Å². The summed E-state index contributed by atoms with van der Waals surface area (Å²) in [5, 5.41) is 1.38. The molecule has 4 heterocycles. The summed E-state index contributed by atoms with van der Waals surface area (Å²) >= 11 is 0. The van der Waals surface area contributed by atoms with Crippen LogP contribution in [-0.2, 0) is 4.74 Å². The van der Waals surface area contributed by atoms with Crippen molar-refractivity contribution in [1.29, 1.82) is 0 Å². The molecule has 6 rings (SSSR count). The summed E-state index contributed by atoms with van der Waals surface area (Å²) in [5.41, 5.74) is 0.982. The predicted octanol–water partition coefficient (Wildman–Crippen LogP) is 4.75. The Balaban J connectivity index is 1.19. The molecule has 3 atom stereocenters. The summed E-state index contributed by atoms with van der Waals surface area (Å²) in [4.78, 5) is 18.0. The molecule has 0 radical (unpaired) electrons. The molecule has 0 bridgehead atoms. The third kappa shape index (κ3) is 4.50. The molecule has 3 aliphatic rings. The van der Waals surface area contributed by atoms with Gasteiger partial charge in [0.15, 0.2) is 0 Å². The van der Waals surface area contributed by atoms with Gasteiger partial charge in [-0.05, 0) is 87.4 Å². The van der Waals surface area contributed by atoms with Crippen molar-refractivity contribution < 1.29 is 13.9 Å². The molecule has 0 saturated carbocycles. The number of rotatable bonds is 6. The van der Waals surface area contributed by atoms with Gasteiger partial charge in [0.1, 0.15) is 18.2 Å². The maximum absolute atomic E-state index is 15.3. The van der Waals surface area contributed by atoms with E-state index in [1.807, 2.05) is 30.3 Å². The van der Waals surface area contributed by atoms with Crippen molar-refractivity contribution in [3.8, 4) is 11.4 Å². The van der Waals surface area contributed by atoms with Crippen LogP contribution in [0.1, 0.15) is 39.0 Å². The Morgan fingerprint density at radius 2 is 1.97 bits per heavy atom. The quantitative estimate of drug-likeness (QED) is 0.498. The second-order valence-electron chi connectivity index (χ2n) is 10.4. The van der Waals surface area contributed by atoms with Gasteiger partial charge in [0.25, 0.3) is 5.56 Å². The number of likely N-dealkylation sites (tertiary alicyclic amines) is 1. The minimum Gasteiger partial charge on any atom is -0.491 e. The van der Waals surface area contributed by atoms with Crippen LogP contribution in [0.3, 0.4) is 0 Å². The van der Waals surface area contributed by atoms with Gasteiger partial charge < -0.3 is 14.4 Å². The largest absolute Gasteiger partial charge is 0.491 e. The van der Waals surface area contributed by atoms with Crippen LogP contribution < -0.4 is 15.2 Å². The first-order chi connectivity index (χ1) is 17.6. The Morgan fingerprint density at radius 3 is 2.75 bits per heavy atom. The first-order valence-corrected chi connectivity index (χ1v) is 13.3. The van der Waals surface area contributed by atoms with Crippen LogP contribution in [-0.4, -0.2) is 60.5 Å². The molecular weight excluding hydrogens is 457 g/mol. The smallest absolute Gasteiger partial charge is 0.262 e. The van der Waals surface area contributed by atoms with Gasteiger partial charge in [-0.2, -0.15) is 0 Å². The summed E-state index contributed by atoms with van der Waals surface area (Å²) < 4.78 is 28.3. The van der Waals surface area contributed by atoms with Crippen LogP contribution in [0, 0.1) is 5.82 Å². The number of nitrogens with zero attached hydrogens (tertiary/aromatic N) is 3. The van der Waals surface area contributed by atoms with E-state index in [-0.39, 0.29) is 17.5 Å². The number of fused-ring (bicyclic) bond motifs is 1. The first-order valence-electron chi connectivity index (χ1n) is 13.3. The van der Waals surface area contributed by atoms with Gasteiger partial charge in [0.05, 0.1) is 17.5 Å². The van der Waals surface area contributed by atoms with Gasteiger partial charge in [-0.3, -0.25) is 14.3 Å². The van der Waals surface area contributed by atoms with Gasteiger partial charge in [0.2, 0.25) is 0 Å². The van der Waals surface area contributed by atoms with Crippen molar-refractivity contribution >= 4 is 16.5 Å². The van der Waals surface area contributed by atoms with E-state index in [2.05, 4.69) is 16.7 Å². The Morgan fingerprint density at radius 1 is 1.06 bits per heavy atom. The van der Waals surface area contributed by atoms with Crippen LogP contribution in [0.2, 0.25) is 0 Å². The highest BCUT2D eigenvalue weighted by molar-refractivity contribution is 5.83. The van der Waals surface area contributed by atoms with Crippen LogP contribution in [0.4, 0.5) is 10.1 Å². The molecule has 3 aromatic rings. The predicted molar refractivity (Wildman–Crippen MR) is 140 cm³/mol. The number of pyridine rings is 1. The van der Waals surface area contributed by atoms with Gasteiger partial charge in [-0.25, -0.2) is 4.39 Å². The fourth-order valence-corrected chi connectivity index (χ4v) is 6.12. The van der Waals surface area contributed by atoms with Crippen molar-refractivity contribution in [3.63, 3.8) is 0 Å². The summed E-state index contributed by atoms with van der Waals surface area (Å²) in [6, 6.07) is 13.6. The molecule has 7 heteroatoms. The number of halogens is 1. The summed E-state index contributed by atoms with van der Waals surface area (Å²) in [7, 11) is 0. The zero-order valence-electron chi connectivity index (χ0n) is 20.9. The van der Waals surface area contributed by atoms with Crippen molar-refractivity contribution in [2.45, 2.75) is 57.2 Å². The maximum Gasteiger partial charge on any atom is 0.262 e. The van der Waals surface area contributed by atoms with E-state index in [1.54, 1.807) is 12.3 Å². The lowest BCUT2D eigenvalue weighted by Gasteiger charge is -2.28. The second kappa shape index (κ2) is 9.87. The Bertz CT molecular complexity index is 1300. The molecule has 190 valence electrons. The number of ether oxygens (including phenoxy) is 2. The van der Waals surface area contributed by atoms with Crippen molar-refractivity contribution in [2.75, 3.05) is 37.7 Å². The highest BCUT2D eigenvalue weighted by atomic mass is 19.1. The summed E-state index contributed by atoms with van der Waals surface area (Å²) in [6.07, 6.45) is 7.52. The molecule has 2 aromatic carbocycles. The van der Waals surface area contributed by atoms with Crippen molar-refractivity contribution in [3.05, 3.63) is 64.8 Å². The van der Waals surface area contributed by atoms with Gasteiger partial charge >= 0.3 is 0 Å². The minimum absolute atomic E-state index is 0.141. The molecule has 36 heavy (non-hydrogen) atoms. The molecule has 0 spiro atoms. The number of benzene rings is 2. The van der Waals surface area contributed by atoms with Gasteiger partial charge in [-0.15, -0.1) is 0 Å². The molecule has 3 aliphatic heterocycles. The summed E-state index contributed by atoms with van der Waals surface area (Å²) in [6.45, 7) is 6.47. The van der Waals surface area contributed by atoms with E-state index in [9.17, 15) is 4.79 Å². The molecular formula is C29H34FN3O3. The standard InChI is InChI=1S/C29H34FN3O3/c1-20-4-2-12-32(20)23-11-13-31(18-23)28-9-6-22(17-27(28)30)33-14-10-21-16-24(7-8-26(21)29(33)34)36-19-25-5-3-15-35-25/h6-10,14,16-17,20,23,25H,2-5,11-13,15,18-19H2,1H3. The fourth-order valence-electron chi connectivity index (χ4n) is 6.12. The first kappa shape index (κ1) is 23.5. The van der Waals surface area contributed by atoms with E-state index in [1.165, 1.54) is 23.5 Å². The van der Waals surface area contributed by atoms with Crippen LogP contribution in [0.5, 0.6) is 5.75 Å². The highest BCUT2D eigenvalue weighted by Crippen LogP contribution is 2.30. The normalized spacial score (nSPS) is 24.7. The lowest BCUT2D eigenvalue weighted by molar-refractivity contribution is 0.0680. The molecule has 3 saturated heterocycles.